The first-order chi connectivity index (χ1) is 16.5. The summed E-state index contributed by atoms with van der Waals surface area (Å²) in [5, 5.41) is 13.7. The molecule has 1 N–H and O–H groups in total. The van der Waals surface area contributed by atoms with E-state index < -0.39 is 17.6 Å². The maximum absolute atomic E-state index is 14.9. The quantitative estimate of drug-likeness (QED) is 0.421. The second kappa shape index (κ2) is 10.9. The third kappa shape index (κ3) is 5.36. The number of ether oxygens (including phenoxy) is 1. The number of carboxylic acid groups (broad SMARTS) is 1. The van der Waals surface area contributed by atoms with Crippen LogP contribution in [0, 0.1) is 23.5 Å². The second-order valence-electron chi connectivity index (χ2n) is 8.97. The first-order valence-electron chi connectivity index (χ1n) is 11.9. The molecule has 0 amide bonds. The van der Waals surface area contributed by atoms with Crippen LogP contribution in [0.25, 0.3) is 22.4 Å². The Morgan fingerprint density at radius 2 is 1.76 bits per heavy atom. The number of hydrogen-bond donors (Lipinski definition) is 1. The van der Waals surface area contributed by atoms with Gasteiger partial charge in [-0.1, -0.05) is 49.4 Å². The van der Waals surface area contributed by atoms with Gasteiger partial charge in [0.25, 0.3) is 0 Å². The molecule has 5 nitrogen and oxygen atoms in total. The third-order valence-electron chi connectivity index (χ3n) is 6.64. The lowest BCUT2D eigenvalue weighted by molar-refractivity contribution is -0.142. The van der Waals surface area contributed by atoms with E-state index in [1.807, 2.05) is 41.9 Å². The topological polar surface area (TPSA) is 64.4 Å². The van der Waals surface area contributed by atoms with Crippen molar-refractivity contribution >= 4 is 5.97 Å². The molecule has 1 aromatic heterocycles. The van der Waals surface area contributed by atoms with Gasteiger partial charge in [0.15, 0.2) is 11.6 Å². The van der Waals surface area contributed by atoms with E-state index in [9.17, 15) is 13.6 Å². The number of halogens is 2. The molecule has 1 fully saturated rings. The monoisotopic (exact) mass is 468 g/mol. The molecule has 1 heterocycles. The summed E-state index contributed by atoms with van der Waals surface area (Å²) < 4.78 is 36.3. The molecule has 0 radical (unpaired) electrons. The van der Waals surface area contributed by atoms with Crippen LogP contribution >= 0.6 is 0 Å². The van der Waals surface area contributed by atoms with Gasteiger partial charge in [-0.2, -0.15) is 5.10 Å². The van der Waals surface area contributed by atoms with Crippen LogP contribution in [0.3, 0.4) is 0 Å². The van der Waals surface area contributed by atoms with Gasteiger partial charge >= 0.3 is 5.97 Å². The van der Waals surface area contributed by atoms with E-state index in [0.717, 1.165) is 43.0 Å². The first kappa shape index (κ1) is 24.1. The lowest BCUT2D eigenvalue weighted by Gasteiger charge is -2.28. The molecule has 180 valence electrons. The molecule has 0 spiro atoms. The van der Waals surface area contributed by atoms with Gasteiger partial charge < -0.3 is 9.84 Å². The highest BCUT2D eigenvalue weighted by Gasteiger charge is 2.27. The second-order valence-corrected chi connectivity index (χ2v) is 8.97. The SMILES string of the molecule is CCc1c(-c2cccc(F)c2F)c(-c2ccccc2)nn1C[C@H]1CC[C@H](COCC(=O)O)CC1. The average molecular weight is 469 g/mol. The Morgan fingerprint density at radius 3 is 2.44 bits per heavy atom. The molecule has 0 atom stereocenters. The highest BCUT2D eigenvalue weighted by molar-refractivity contribution is 5.83. The van der Waals surface area contributed by atoms with Crippen molar-refractivity contribution in [1.82, 2.24) is 9.78 Å². The Morgan fingerprint density at radius 1 is 1.06 bits per heavy atom. The Hall–Kier alpha value is -3.06. The summed E-state index contributed by atoms with van der Waals surface area (Å²) in [5.41, 5.74) is 3.32. The fourth-order valence-corrected chi connectivity index (χ4v) is 4.92. The summed E-state index contributed by atoms with van der Waals surface area (Å²) in [6.45, 7) is 2.94. The minimum atomic E-state index is -0.945. The number of carbonyl (C=O) groups is 1. The zero-order chi connectivity index (χ0) is 24.1. The third-order valence-corrected chi connectivity index (χ3v) is 6.64. The number of nitrogens with zero attached hydrogens (tertiary/aromatic N) is 2. The van der Waals surface area contributed by atoms with Crippen LogP contribution in [0.1, 0.15) is 38.3 Å². The maximum atomic E-state index is 14.9. The molecule has 0 saturated heterocycles. The summed E-state index contributed by atoms with van der Waals surface area (Å²) in [7, 11) is 0. The molecule has 0 bridgehead atoms. The van der Waals surface area contributed by atoms with E-state index in [0.29, 0.717) is 42.7 Å². The normalized spacial score (nSPS) is 18.2. The van der Waals surface area contributed by atoms with Crippen LogP contribution < -0.4 is 0 Å². The maximum Gasteiger partial charge on any atom is 0.329 e. The number of carboxylic acids is 1. The van der Waals surface area contributed by atoms with Gasteiger partial charge in [-0.15, -0.1) is 0 Å². The molecule has 2 aromatic carbocycles. The minimum absolute atomic E-state index is 0.237. The Labute approximate surface area is 198 Å². The summed E-state index contributed by atoms with van der Waals surface area (Å²) in [6.07, 6.45) is 4.58. The number of aliphatic carboxylic acids is 1. The van der Waals surface area contributed by atoms with Gasteiger partial charge in [-0.05, 0) is 50.0 Å². The van der Waals surface area contributed by atoms with E-state index >= 15 is 0 Å². The fourth-order valence-electron chi connectivity index (χ4n) is 4.92. The van der Waals surface area contributed by atoms with Crippen molar-refractivity contribution in [3.05, 3.63) is 65.9 Å². The first-order valence-corrected chi connectivity index (χ1v) is 11.9. The molecule has 1 aliphatic carbocycles. The molecule has 1 aliphatic rings. The minimum Gasteiger partial charge on any atom is -0.480 e. The van der Waals surface area contributed by atoms with Crippen LogP contribution in [0.4, 0.5) is 8.78 Å². The standard InChI is InChI=1S/C27H30F2N2O3/c1-2-23-25(21-9-6-10-22(28)26(21)29)27(20-7-4-3-5-8-20)30-31(23)15-18-11-13-19(14-12-18)16-34-17-24(32)33/h3-10,18-19H,2,11-17H2,1H3,(H,32,33)/t18-,19-. The fraction of sp³-hybridized carbons (Fsp3) is 0.407. The zero-order valence-electron chi connectivity index (χ0n) is 19.3. The number of rotatable bonds is 9. The molecule has 7 heteroatoms. The van der Waals surface area contributed by atoms with E-state index in [1.165, 1.54) is 6.07 Å². The lowest BCUT2D eigenvalue weighted by atomic mass is 9.82. The van der Waals surface area contributed by atoms with Crippen LogP contribution in [-0.2, 0) is 22.5 Å². The zero-order valence-corrected chi connectivity index (χ0v) is 19.3. The van der Waals surface area contributed by atoms with Crippen molar-refractivity contribution in [3.63, 3.8) is 0 Å². The molecule has 4 rings (SSSR count). The number of aromatic nitrogens is 2. The van der Waals surface area contributed by atoms with Gasteiger partial charge in [0, 0.05) is 28.9 Å². The summed E-state index contributed by atoms with van der Waals surface area (Å²) in [4.78, 5) is 10.7. The molecule has 1 saturated carbocycles. The average Bonchev–Trinajstić information content (AvgIpc) is 3.20. The van der Waals surface area contributed by atoms with Crippen LogP contribution in [0.15, 0.2) is 48.5 Å². The smallest absolute Gasteiger partial charge is 0.329 e. The van der Waals surface area contributed by atoms with E-state index in [-0.39, 0.29) is 12.2 Å². The van der Waals surface area contributed by atoms with Crippen LogP contribution in [0.2, 0.25) is 0 Å². The predicted molar refractivity (Wildman–Crippen MR) is 126 cm³/mol. The molecule has 0 unspecified atom stereocenters. The number of benzene rings is 2. The molecule has 34 heavy (non-hydrogen) atoms. The summed E-state index contributed by atoms with van der Waals surface area (Å²) >= 11 is 0. The van der Waals surface area contributed by atoms with Gasteiger partial charge in [0.2, 0.25) is 0 Å². The highest BCUT2D eigenvalue weighted by atomic mass is 19.2. The van der Waals surface area contributed by atoms with Gasteiger partial charge in [-0.3, -0.25) is 4.68 Å². The Kier molecular flexibility index (Phi) is 7.73. The van der Waals surface area contributed by atoms with Crippen molar-refractivity contribution in [1.29, 1.82) is 0 Å². The molecular formula is C27H30F2N2O3. The summed E-state index contributed by atoms with van der Waals surface area (Å²) in [5.74, 6) is -1.88. The van der Waals surface area contributed by atoms with Gasteiger partial charge in [0.1, 0.15) is 12.3 Å². The van der Waals surface area contributed by atoms with Crippen molar-refractivity contribution in [2.24, 2.45) is 11.8 Å². The van der Waals surface area contributed by atoms with Crippen LogP contribution in [0.5, 0.6) is 0 Å². The van der Waals surface area contributed by atoms with Crippen molar-refractivity contribution < 1.29 is 23.4 Å². The lowest BCUT2D eigenvalue weighted by Crippen LogP contribution is -2.23. The molecule has 3 aromatic rings. The summed E-state index contributed by atoms with van der Waals surface area (Å²) in [6, 6.07) is 13.9. The van der Waals surface area contributed by atoms with Crippen molar-refractivity contribution in [2.75, 3.05) is 13.2 Å². The van der Waals surface area contributed by atoms with Crippen molar-refractivity contribution in [3.8, 4) is 22.4 Å². The largest absolute Gasteiger partial charge is 0.480 e. The molecule has 0 aliphatic heterocycles. The highest BCUT2D eigenvalue weighted by Crippen LogP contribution is 2.38. The Bertz CT molecular complexity index is 1120. The van der Waals surface area contributed by atoms with E-state index in [2.05, 4.69) is 0 Å². The predicted octanol–water partition coefficient (Wildman–Crippen LogP) is 5.97. The van der Waals surface area contributed by atoms with E-state index in [1.54, 1.807) is 6.07 Å². The van der Waals surface area contributed by atoms with Crippen LogP contribution in [-0.4, -0.2) is 34.1 Å². The number of hydrogen-bond acceptors (Lipinski definition) is 3. The van der Waals surface area contributed by atoms with Gasteiger partial charge in [-0.25, -0.2) is 13.6 Å². The Balaban J connectivity index is 1.60. The van der Waals surface area contributed by atoms with Gasteiger partial charge in [0.05, 0.1) is 6.61 Å². The molecular weight excluding hydrogens is 438 g/mol. The van der Waals surface area contributed by atoms with Crippen molar-refractivity contribution in [2.45, 2.75) is 45.6 Å². The van der Waals surface area contributed by atoms with E-state index in [4.69, 9.17) is 14.9 Å².